The predicted octanol–water partition coefficient (Wildman–Crippen LogP) is 5.90. The van der Waals surface area contributed by atoms with Crippen molar-refractivity contribution in [1.82, 2.24) is 15.5 Å². The van der Waals surface area contributed by atoms with Gasteiger partial charge in [-0.15, -0.1) is 0 Å². The quantitative estimate of drug-likeness (QED) is 0.343. The number of carboxylic acids is 1. The lowest BCUT2D eigenvalue weighted by Gasteiger charge is -2.38. The molecule has 2 saturated carbocycles. The third kappa shape index (κ3) is 7.17. The molecule has 1 unspecified atom stereocenters. The second-order valence-electron chi connectivity index (χ2n) is 12.8. The van der Waals surface area contributed by atoms with E-state index >= 15 is 0 Å². The molecule has 0 saturated heterocycles. The molecular formula is C35H40ClN3O7. The zero-order chi connectivity index (χ0) is 32.3. The smallest absolute Gasteiger partial charge is 0.408 e. The third-order valence-corrected chi connectivity index (χ3v) is 9.80. The van der Waals surface area contributed by atoms with Crippen LogP contribution in [0.25, 0.3) is 0 Å². The van der Waals surface area contributed by atoms with E-state index in [1.54, 1.807) is 30.3 Å². The Morgan fingerprint density at radius 3 is 2.54 bits per heavy atom. The minimum Gasteiger partial charge on any atom is -0.479 e. The lowest BCUT2D eigenvalue weighted by molar-refractivity contribution is -0.147. The van der Waals surface area contributed by atoms with Crippen LogP contribution in [0, 0.1) is 5.92 Å². The first-order valence-electron chi connectivity index (χ1n) is 16.3. The number of ether oxygens (including phenoxy) is 2. The summed E-state index contributed by atoms with van der Waals surface area (Å²) < 4.78 is 11.7. The first-order chi connectivity index (χ1) is 22.2. The summed E-state index contributed by atoms with van der Waals surface area (Å²) in [5.74, 6) is -1.25. The fourth-order valence-electron chi connectivity index (χ4n) is 6.86. The molecule has 2 aliphatic carbocycles. The number of benzene rings is 2. The number of rotatable bonds is 5. The second-order valence-corrected chi connectivity index (χ2v) is 13.3. The average Bonchev–Trinajstić information content (AvgIpc) is 3.48. The molecule has 2 aliphatic heterocycles. The number of aliphatic carboxylic acids is 1. The molecular weight excluding hydrogens is 610 g/mol. The van der Waals surface area contributed by atoms with Crippen LogP contribution in [0.15, 0.2) is 54.6 Å². The summed E-state index contributed by atoms with van der Waals surface area (Å²) in [4.78, 5) is 55.2. The van der Waals surface area contributed by atoms with Crippen LogP contribution in [0.2, 0.25) is 5.02 Å². The van der Waals surface area contributed by atoms with E-state index in [1.807, 2.05) is 24.3 Å². The van der Waals surface area contributed by atoms with Crippen molar-refractivity contribution in [3.63, 3.8) is 0 Å². The minimum atomic E-state index is -1.41. The number of carbonyl (C=O) groups is 4. The van der Waals surface area contributed by atoms with E-state index in [2.05, 4.69) is 10.6 Å². The van der Waals surface area contributed by atoms with Gasteiger partial charge in [-0.1, -0.05) is 48.7 Å². The molecule has 4 atom stereocenters. The van der Waals surface area contributed by atoms with Gasteiger partial charge in [-0.3, -0.25) is 9.59 Å². The molecule has 244 valence electrons. The van der Waals surface area contributed by atoms with Gasteiger partial charge in [-0.25, -0.2) is 9.59 Å². The highest BCUT2D eigenvalue weighted by molar-refractivity contribution is 6.30. The molecule has 2 fully saturated rings. The monoisotopic (exact) mass is 649 g/mol. The SMILES string of the molecule is O=C(N[C@H]1CCCCC/C=C\[C@H]2C[C@@]2(C(=O)O)NC(=O)C2Cc3cc(Oc4cccc(Cl)c4)ccc3CN2C1=O)OC1CCCC1. The van der Waals surface area contributed by atoms with E-state index in [9.17, 15) is 24.3 Å². The maximum Gasteiger partial charge on any atom is 0.408 e. The Kier molecular flexibility index (Phi) is 9.54. The lowest BCUT2D eigenvalue weighted by atomic mass is 9.91. The average molecular weight is 650 g/mol. The predicted molar refractivity (Wildman–Crippen MR) is 171 cm³/mol. The number of allylic oxidation sites excluding steroid dienone is 1. The van der Waals surface area contributed by atoms with Crippen LogP contribution in [0.4, 0.5) is 4.79 Å². The molecule has 2 aromatic rings. The van der Waals surface area contributed by atoms with E-state index in [4.69, 9.17) is 21.1 Å². The number of halogens is 1. The lowest BCUT2D eigenvalue weighted by Crippen LogP contribution is -2.60. The summed E-state index contributed by atoms with van der Waals surface area (Å²) in [7, 11) is 0. The maximum absolute atomic E-state index is 14.3. The van der Waals surface area contributed by atoms with Crippen LogP contribution in [0.3, 0.4) is 0 Å². The summed E-state index contributed by atoms with van der Waals surface area (Å²) in [6.07, 6.45) is 10.7. The molecule has 2 heterocycles. The van der Waals surface area contributed by atoms with Crippen molar-refractivity contribution < 1.29 is 33.8 Å². The van der Waals surface area contributed by atoms with Crippen molar-refractivity contribution in [3.8, 4) is 11.5 Å². The van der Waals surface area contributed by atoms with Gasteiger partial charge in [0.1, 0.15) is 35.2 Å². The van der Waals surface area contributed by atoms with Crippen molar-refractivity contribution >= 4 is 35.5 Å². The normalized spacial score (nSPS) is 27.5. The zero-order valence-electron chi connectivity index (χ0n) is 25.7. The summed E-state index contributed by atoms with van der Waals surface area (Å²) in [5.41, 5.74) is 0.230. The maximum atomic E-state index is 14.3. The van der Waals surface area contributed by atoms with Crippen molar-refractivity contribution in [1.29, 1.82) is 0 Å². The Balaban J connectivity index is 1.29. The highest BCUT2D eigenvalue weighted by atomic mass is 35.5. The van der Waals surface area contributed by atoms with Gasteiger partial charge in [0.15, 0.2) is 0 Å². The van der Waals surface area contributed by atoms with Gasteiger partial charge in [-0.05, 0) is 92.8 Å². The Hall–Kier alpha value is -4.05. The molecule has 10 nitrogen and oxygen atoms in total. The molecule has 4 aliphatic rings. The third-order valence-electron chi connectivity index (χ3n) is 9.57. The molecule has 46 heavy (non-hydrogen) atoms. The van der Waals surface area contributed by atoms with Crippen molar-refractivity contribution in [2.45, 2.75) is 101 Å². The van der Waals surface area contributed by atoms with Crippen LogP contribution in [-0.2, 0) is 32.1 Å². The second kappa shape index (κ2) is 13.7. The summed E-state index contributed by atoms with van der Waals surface area (Å²) in [5, 5.41) is 16.3. The van der Waals surface area contributed by atoms with Crippen LogP contribution in [0.5, 0.6) is 11.5 Å². The van der Waals surface area contributed by atoms with Gasteiger partial charge >= 0.3 is 12.1 Å². The number of fused-ring (bicyclic) bond motifs is 3. The fraction of sp³-hybridized carbons (Fsp3) is 0.486. The van der Waals surface area contributed by atoms with Crippen LogP contribution in [-0.4, -0.2) is 57.6 Å². The van der Waals surface area contributed by atoms with E-state index < -0.39 is 41.5 Å². The van der Waals surface area contributed by atoms with Crippen molar-refractivity contribution in [3.05, 3.63) is 70.8 Å². The van der Waals surface area contributed by atoms with Crippen molar-refractivity contribution in [2.75, 3.05) is 0 Å². The molecule has 0 spiro atoms. The number of nitrogens with one attached hydrogen (secondary N) is 2. The van der Waals surface area contributed by atoms with Gasteiger partial charge in [0.25, 0.3) is 0 Å². The van der Waals surface area contributed by atoms with Gasteiger partial charge in [0, 0.05) is 23.9 Å². The summed E-state index contributed by atoms with van der Waals surface area (Å²) in [6, 6.07) is 10.6. The van der Waals surface area contributed by atoms with Gasteiger partial charge in [0.05, 0.1) is 0 Å². The molecule has 6 rings (SSSR count). The number of hydrogen-bond acceptors (Lipinski definition) is 6. The number of nitrogens with zero attached hydrogens (tertiary/aromatic N) is 1. The van der Waals surface area contributed by atoms with Crippen LogP contribution in [0.1, 0.15) is 75.3 Å². The first-order valence-corrected chi connectivity index (χ1v) is 16.6. The molecule has 2 aromatic carbocycles. The molecule has 11 heteroatoms. The Morgan fingerprint density at radius 1 is 0.978 bits per heavy atom. The standard InChI is InChI=1S/C35H40ClN3O7/c36-25-10-8-13-27(19-25)45-28-16-15-22-21-39-30(18-23(22)17-28)31(40)38-35(33(42)43)20-24(35)9-4-2-1-3-5-14-29(32(39)41)37-34(44)46-26-11-6-7-12-26/h4,8-10,13,15-17,19,24,26,29-30H,1-3,5-7,11-12,14,18,20-21H2,(H,37,44)(H,38,40)(H,42,43)/b9-4-/t24-,29-,30?,35+/m0/s1. The Labute approximate surface area is 273 Å². The summed E-state index contributed by atoms with van der Waals surface area (Å²) in [6.45, 7) is 0.114. The number of hydrogen-bond donors (Lipinski definition) is 3. The molecule has 0 aromatic heterocycles. The molecule has 0 radical (unpaired) electrons. The van der Waals surface area contributed by atoms with E-state index in [1.165, 1.54) is 4.90 Å². The minimum absolute atomic E-state index is 0.114. The Morgan fingerprint density at radius 2 is 1.76 bits per heavy atom. The topological polar surface area (TPSA) is 134 Å². The highest BCUT2D eigenvalue weighted by Crippen LogP contribution is 2.45. The first kappa shape index (κ1) is 31.9. The van der Waals surface area contributed by atoms with Crippen LogP contribution < -0.4 is 15.4 Å². The highest BCUT2D eigenvalue weighted by Gasteiger charge is 2.61. The molecule has 0 bridgehead atoms. The van der Waals surface area contributed by atoms with Gasteiger partial charge in [-0.2, -0.15) is 0 Å². The number of carbonyl (C=O) groups excluding carboxylic acids is 3. The summed E-state index contributed by atoms with van der Waals surface area (Å²) >= 11 is 6.13. The number of alkyl carbamates (subject to hydrolysis) is 1. The fourth-order valence-corrected chi connectivity index (χ4v) is 7.04. The van der Waals surface area contributed by atoms with E-state index in [0.717, 1.165) is 56.1 Å². The van der Waals surface area contributed by atoms with Gasteiger partial charge < -0.3 is 30.1 Å². The number of amides is 3. The van der Waals surface area contributed by atoms with E-state index in [0.29, 0.717) is 29.4 Å². The molecule has 3 N–H and O–H groups in total. The van der Waals surface area contributed by atoms with E-state index in [-0.39, 0.29) is 31.4 Å². The molecule has 3 amide bonds. The number of carboxylic acid groups (broad SMARTS) is 1. The van der Waals surface area contributed by atoms with Gasteiger partial charge in [0.2, 0.25) is 11.8 Å². The zero-order valence-corrected chi connectivity index (χ0v) is 26.5. The largest absolute Gasteiger partial charge is 0.479 e. The van der Waals surface area contributed by atoms with Crippen LogP contribution >= 0.6 is 11.6 Å². The Bertz CT molecular complexity index is 1520. The van der Waals surface area contributed by atoms with Crippen molar-refractivity contribution in [2.24, 2.45) is 5.92 Å².